The smallest absolute Gasteiger partial charge is 0.169 e. The quantitative estimate of drug-likeness (QED) is 0.585. The van der Waals surface area contributed by atoms with Crippen LogP contribution in [-0.4, -0.2) is 10.2 Å². The van der Waals surface area contributed by atoms with Crippen LogP contribution >= 0.6 is 0 Å². The van der Waals surface area contributed by atoms with Crippen LogP contribution < -0.4 is 5.73 Å². The molecule has 0 aliphatic heterocycles. The van der Waals surface area contributed by atoms with Gasteiger partial charge in [0.15, 0.2) is 5.82 Å². The van der Waals surface area contributed by atoms with Crippen molar-refractivity contribution in [1.29, 1.82) is 0 Å². The summed E-state index contributed by atoms with van der Waals surface area (Å²) in [4.78, 5) is 0. The average Bonchev–Trinajstić information content (AvgIpc) is 2.18. The number of rotatable bonds is 2. The zero-order valence-electron chi connectivity index (χ0n) is 5.02. The molecule has 1 heterocycles. The molecule has 0 fully saturated rings. The standard InChI is InChI=1S/C6H8N3/c1-2-3-5-4-8-9-6(5)7/h2,4,7H,1,3H2,(H,8,9). The summed E-state index contributed by atoms with van der Waals surface area (Å²) >= 11 is 0. The predicted molar refractivity (Wildman–Crippen MR) is 35.2 cm³/mol. The average molecular weight is 122 g/mol. The van der Waals surface area contributed by atoms with Gasteiger partial charge >= 0.3 is 0 Å². The third-order valence-corrected chi connectivity index (χ3v) is 1.08. The minimum Gasteiger partial charge on any atom is -0.283 e. The van der Waals surface area contributed by atoms with E-state index in [0.717, 1.165) is 12.0 Å². The summed E-state index contributed by atoms with van der Waals surface area (Å²) in [5.74, 6) is 0.315. The maximum Gasteiger partial charge on any atom is 0.169 e. The molecule has 2 N–H and O–H groups in total. The van der Waals surface area contributed by atoms with E-state index in [-0.39, 0.29) is 0 Å². The summed E-state index contributed by atoms with van der Waals surface area (Å²) in [6.07, 6.45) is 4.18. The van der Waals surface area contributed by atoms with E-state index in [1.807, 2.05) is 0 Å². The highest BCUT2D eigenvalue weighted by Gasteiger charge is 1.96. The van der Waals surface area contributed by atoms with Crippen molar-refractivity contribution in [2.75, 3.05) is 0 Å². The number of hydrogen-bond donors (Lipinski definition) is 1. The molecule has 0 bridgehead atoms. The van der Waals surface area contributed by atoms with E-state index in [2.05, 4.69) is 16.8 Å². The zero-order chi connectivity index (χ0) is 6.69. The van der Waals surface area contributed by atoms with Gasteiger partial charge in [-0.1, -0.05) is 6.08 Å². The van der Waals surface area contributed by atoms with Gasteiger partial charge < -0.3 is 0 Å². The summed E-state index contributed by atoms with van der Waals surface area (Å²) in [6.45, 7) is 3.55. The number of H-pyrrole nitrogens is 1. The van der Waals surface area contributed by atoms with Crippen molar-refractivity contribution in [3.05, 3.63) is 24.4 Å². The number of nitrogens with one attached hydrogen (secondary N) is 2. The van der Waals surface area contributed by atoms with Crippen molar-refractivity contribution in [1.82, 2.24) is 15.9 Å². The fourth-order valence-electron chi connectivity index (χ4n) is 0.626. The molecule has 0 aromatic carbocycles. The molecule has 3 nitrogen and oxygen atoms in total. The summed E-state index contributed by atoms with van der Waals surface area (Å²) in [6, 6.07) is 0. The first kappa shape index (κ1) is 5.88. The third kappa shape index (κ3) is 1.10. The van der Waals surface area contributed by atoms with Crippen LogP contribution in [0.3, 0.4) is 0 Å². The predicted octanol–water partition coefficient (Wildman–Crippen LogP) is 1.05. The molecule has 0 spiro atoms. The molecule has 1 radical (unpaired) electrons. The fraction of sp³-hybridized carbons (Fsp3) is 0.167. The number of aromatic amines is 1. The molecule has 0 unspecified atom stereocenters. The molecular weight excluding hydrogens is 114 g/mol. The Morgan fingerprint density at radius 1 is 1.89 bits per heavy atom. The van der Waals surface area contributed by atoms with Crippen LogP contribution in [0.1, 0.15) is 5.56 Å². The molecule has 0 saturated heterocycles. The van der Waals surface area contributed by atoms with Crippen molar-refractivity contribution < 1.29 is 0 Å². The van der Waals surface area contributed by atoms with E-state index in [1.165, 1.54) is 0 Å². The van der Waals surface area contributed by atoms with Gasteiger partial charge in [0, 0.05) is 11.8 Å². The fourth-order valence-corrected chi connectivity index (χ4v) is 0.626. The number of aromatic nitrogens is 2. The van der Waals surface area contributed by atoms with Gasteiger partial charge in [0.2, 0.25) is 0 Å². The molecule has 0 saturated carbocycles. The van der Waals surface area contributed by atoms with E-state index < -0.39 is 0 Å². The minimum atomic E-state index is 0.315. The summed E-state index contributed by atoms with van der Waals surface area (Å²) in [7, 11) is 0. The Labute approximate surface area is 53.6 Å². The lowest BCUT2D eigenvalue weighted by atomic mass is 10.2. The molecule has 0 aliphatic rings. The van der Waals surface area contributed by atoms with Gasteiger partial charge in [0.1, 0.15) is 0 Å². The normalized spacial score (nSPS) is 9.33. The SMILES string of the molecule is C=CCc1c[nH]nc1[NH]. The first-order valence-electron chi connectivity index (χ1n) is 2.69. The van der Waals surface area contributed by atoms with E-state index in [0.29, 0.717) is 5.82 Å². The van der Waals surface area contributed by atoms with Crippen LogP contribution in [0.25, 0.3) is 0 Å². The Morgan fingerprint density at radius 2 is 2.67 bits per heavy atom. The van der Waals surface area contributed by atoms with Crippen LogP contribution in [0.15, 0.2) is 18.9 Å². The Hall–Kier alpha value is -1.25. The van der Waals surface area contributed by atoms with Crippen LogP contribution in [0.4, 0.5) is 5.82 Å². The lowest BCUT2D eigenvalue weighted by molar-refractivity contribution is 1.08. The van der Waals surface area contributed by atoms with Gasteiger partial charge in [-0.15, -0.1) is 6.58 Å². The van der Waals surface area contributed by atoms with Crippen molar-refractivity contribution in [3.63, 3.8) is 0 Å². The number of nitrogens with zero attached hydrogens (tertiary/aromatic N) is 1. The maximum atomic E-state index is 7.16. The molecule has 1 aromatic rings. The van der Waals surface area contributed by atoms with Crippen molar-refractivity contribution in [2.24, 2.45) is 0 Å². The third-order valence-electron chi connectivity index (χ3n) is 1.08. The minimum absolute atomic E-state index is 0.315. The van der Waals surface area contributed by atoms with Crippen LogP contribution in [0.2, 0.25) is 0 Å². The van der Waals surface area contributed by atoms with Gasteiger partial charge in [0.05, 0.1) is 0 Å². The second-order valence-corrected chi connectivity index (χ2v) is 1.75. The lowest BCUT2D eigenvalue weighted by Crippen LogP contribution is -1.77. The van der Waals surface area contributed by atoms with Crippen molar-refractivity contribution in [2.45, 2.75) is 6.42 Å². The molecule has 1 aromatic heterocycles. The Balaban J connectivity index is 2.80. The molecular formula is C6H8N3. The van der Waals surface area contributed by atoms with E-state index in [4.69, 9.17) is 5.73 Å². The molecule has 0 amide bonds. The summed E-state index contributed by atoms with van der Waals surface area (Å²) in [5.41, 5.74) is 8.06. The first-order valence-corrected chi connectivity index (χ1v) is 2.69. The Morgan fingerprint density at radius 3 is 3.11 bits per heavy atom. The van der Waals surface area contributed by atoms with E-state index >= 15 is 0 Å². The monoisotopic (exact) mass is 122 g/mol. The van der Waals surface area contributed by atoms with Crippen molar-refractivity contribution in [3.8, 4) is 0 Å². The zero-order valence-corrected chi connectivity index (χ0v) is 5.02. The first-order chi connectivity index (χ1) is 4.34. The molecule has 3 heteroatoms. The number of hydrogen-bond acceptors (Lipinski definition) is 1. The summed E-state index contributed by atoms with van der Waals surface area (Å²) < 4.78 is 0. The molecule has 1 rings (SSSR count). The van der Waals surface area contributed by atoms with E-state index in [9.17, 15) is 0 Å². The highest BCUT2D eigenvalue weighted by atomic mass is 15.1. The second kappa shape index (κ2) is 2.35. The number of allylic oxidation sites excluding steroid dienone is 1. The van der Waals surface area contributed by atoms with Crippen LogP contribution in [0.5, 0.6) is 0 Å². The van der Waals surface area contributed by atoms with Gasteiger partial charge in [-0.05, 0) is 6.42 Å². The lowest BCUT2D eigenvalue weighted by Gasteiger charge is -1.85. The van der Waals surface area contributed by atoms with Crippen LogP contribution in [0, 0.1) is 0 Å². The van der Waals surface area contributed by atoms with Gasteiger partial charge in [-0.2, -0.15) is 5.10 Å². The summed E-state index contributed by atoms with van der Waals surface area (Å²) in [5, 5.41) is 6.23. The van der Waals surface area contributed by atoms with Gasteiger partial charge in [-0.3, -0.25) is 10.8 Å². The molecule has 47 valence electrons. The molecule has 0 aliphatic carbocycles. The van der Waals surface area contributed by atoms with Gasteiger partial charge in [-0.25, -0.2) is 0 Å². The Bertz CT molecular complexity index is 202. The molecule has 9 heavy (non-hydrogen) atoms. The Kier molecular flexibility index (Phi) is 1.53. The maximum absolute atomic E-state index is 7.16. The van der Waals surface area contributed by atoms with E-state index in [1.54, 1.807) is 12.3 Å². The largest absolute Gasteiger partial charge is 0.283 e. The van der Waals surface area contributed by atoms with Gasteiger partial charge in [0.25, 0.3) is 0 Å². The highest BCUT2D eigenvalue weighted by molar-refractivity contribution is 5.34. The van der Waals surface area contributed by atoms with Crippen LogP contribution in [-0.2, 0) is 6.42 Å². The topological polar surface area (TPSA) is 52.5 Å². The molecule has 0 atom stereocenters. The highest BCUT2D eigenvalue weighted by Crippen LogP contribution is 2.07. The van der Waals surface area contributed by atoms with Crippen molar-refractivity contribution >= 4 is 5.82 Å². The second-order valence-electron chi connectivity index (χ2n) is 1.75.